The number of phenolic OH excluding ortho intramolecular Hbond substituents is 1. The van der Waals surface area contributed by atoms with Gasteiger partial charge in [-0.2, -0.15) is 0 Å². The first-order valence-electron chi connectivity index (χ1n) is 10.0. The van der Waals surface area contributed by atoms with Crippen LogP contribution in [0.1, 0.15) is 0 Å². The lowest BCUT2D eigenvalue weighted by Gasteiger charge is -2.11. The Morgan fingerprint density at radius 2 is 1.16 bits per heavy atom. The van der Waals surface area contributed by atoms with Crippen molar-refractivity contribution in [2.75, 3.05) is 0 Å². The van der Waals surface area contributed by atoms with Crippen molar-refractivity contribution in [1.29, 1.82) is 0 Å². The fourth-order valence-electron chi connectivity index (χ4n) is 3.49. The number of pyridine rings is 1. The molecule has 5 aromatic rings. The van der Waals surface area contributed by atoms with Crippen molar-refractivity contribution in [3.63, 3.8) is 0 Å². The van der Waals surface area contributed by atoms with Crippen LogP contribution in [-0.4, -0.2) is 20.1 Å². The minimum Gasteiger partial charge on any atom is -0.507 e. The highest BCUT2D eigenvalue weighted by atomic mass is 16.3. The Balaban J connectivity index is 1.69. The van der Waals surface area contributed by atoms with Gasteiger partial charge in [-0.3, -0.25) is 4.98 Å². The van der Waals surface area contributed by atoms with Crippen LogP contribution in [0, 0.1) is 0 Å². The van der Waals surface area contributed by atoms with Crippen LogP contribution in [0.2, 0.25) is 0 Å². The van der Waals surface area contributed by atoms with Crippen molar-refractivity contribution in [1.82, 2.24) is 15.0 Å². The van der Waals surface area contributed by atoms with E-state index in [2.05, 4.69) is 4.98 Å². The molecule has 4 heteroatoms. The fraction of sp³-hybridized carbons (Fsp3) is 0. The Bertz CT molecular complexity index is 1260. The summed E-state index contributed by atoms with van der Waals surface area (Å²) in [6.07, 6.45) is 1.72. The lowest BCUT2D eigenvalue weighted by atomic mass is 10.0. The monoisotopic (exact) mass is 401 g/mol. The van der Waals surface area contributed by atoms with E-state index >= 15 is 0 Å². The molecule has 0 amide bonds. The van der Waals surface area contributed by atoms with Crippen LogP contribution >= 0.6 is 0 Å². The van der Waals surface area contributed by atoms with E-state index in [1.165, 1.54) is 0 Å². The number of phenols is 1. The molecule has 0 bridgehead atoms. The van der Waals surface area contributed by atoms with Crippen molar-refractivity contribution in [2.45, 2.75) is 0 Å². The zero-order chi connectivity index (χ0) is 21.0. The van der Waals surface area contributed by atoms with Crippen LogP contribution in [0.5, 0.6) is 5.75 Å². The SMILES string of the molecule is Oc1ccc(-c2cc(-c3ccccc3)nc(-c3ccccc3)n2)cc1-c1ccccn1. The Labute approximate surface area is 180 Å². The summed E-state index contributed by atoms with van der Waals surface area (Å²) in [5.41, 5.74) is 5.86. The molecule has 2 aromatic heterocycles. The molecule has 1 N–H and O–H groups in total. The quantitative estimate of drug-likeness (QED) is 0.387. The normalized spacial score (nSPS) is 10.7. The zero-order valence-electron chi connectivity index (χ0n) is 16.7. The summed E-state index contributed by atoms with van der Waals surface area (Å²) in [7, 11) is 0. The second kappa shape index (κ2) is 8.20. The molecule has 0 aliphatic heterocycles. The fourth-order valence-corrected chi connectivity index (χ4v) is 3.49. The van der Waals surface area contributed by atoms with Crippen LogP contribution < -0.4 is 0 Å². The molecule has 5 rings (SSSR count). The Hall–Kier alpha value is -4.31. The van der Waals surface area contributed by atoms with Gasteiger partial charge < -0.3 is 5.11 Å². The van der Waals surface area contributed by atoms with Crippen LogP contribution in [0.4, 0.5) is 0 Å². The largest absolute Gasteiger partial charge is 0.507 e. The summed E-state index contributed by atoms with van der Waals surface area (Å²) in [5.74, 6) is 0.840. The Morgan fingerprint density at radius 3 is 1.84 bits per heavy atom. The molecule has 0 aliphatic rings. The van der Waals surface area contributed by atoms with E-state index in [-0.39, 0.29) is 5.75 Å². The minimum absolute atomic E-state index is 0.183. The van der Waals surface area contributed by atoms with Crippen LogP contribution in [0.15, 0.2) is 109 Å². The third kappa shape index (κ3) is 3.91. The van der Waals surface area contributed by atoms with Gasteiger partial charge in [0.1, 0.15) is 5.75 Å². The molecule has 148 valence electrons. The number of nitrogens with zero attached hydrogens (tertiary/aromatic N) is 3. The molecular weight excluding hydrogens is 382 g/mol. The van der Waals surface area contributed by atoms with Gasteiger partial charge in [-0.1, -0.05) is 66.7 Å². The minimum atomic E-state index is 0.183. The summed E-state index contributed by atoms with van der Waals surface area (Å²) in [6, 6.07) is 33.1. The van der Waals surface area contributed by atoms with Gasteiger partial charge in [-0.25, -0.2) is 9.97 Å². The van der Waals surface area contributed by atoms with Gasteiger partial charge in [0.2, 0.25) is 0 Å². The summed E-state index contributed by atoms with van der Waals surface area (Å²) in [6.45, 7) is 0. The van der Waals surface area contributed by atoms with Crippen LogP contribution in [-0.2, 0) is 0 Å². The molecule has 0 spiro atoms. The van der Waals surface area contributed by atoms with Crippen LogP contribution in [0.3, 0.4) is 0 Å². The van der Waals surface area contributed by atoms with E-state index in [1.54, 1.807) is 12.3 Å². The molecular formula is C27H19N3O. The second-order valence-corrected chi connectivity index (χ2v) is 7.14. The van der Waals surface area contributed by atoms with Gasteiger partial charge >= 0.3 is 0 Å². The third-order valence-corrected chi connectivity index (χ3v) is 5.06. The maximum Gasteiger partial charge on any atom is 0.160 e. The number of aromatic nitrogens is 3. The van der Waals surface area contributed by atoms with E-state index in [1.807, 2.05) is 97.1 Å². The number of benzene rings is 3. The van der Waals surface area contributed by atoms with E-state index < -0.39 is 0 Å². The van der Waals surface area contributed by atoms with E-state index in [0.29, 0.717) is 17.1 Å². The summed E-state index contributed by atoms with van der Waals surface area (Å²) in [5, 5.41) is 10.4. The molecule has 4 nitrogen and oxygen atoms in total. The molecule has 0 unspecified atom stereocenters. The van der Waals surface area contributed by atoms with E-state index in [9.17, 15) is 5.11 Å². The van der Waals surface area contributed by atoms with Gasteiger partial charge in [0.25, 0.3) is 0 Å². The number of rotatable bonds is 4. The van der Waals surface area contributed by atoms with Gasteiger partial charge in [-0.05, 0) is 36.4 Å². The molecule has 0 fully saturated rings. The summed E-state index contributed by atoms with van der Waals surface area (Å²) in [4.78, 5) is 14.1. The molecule has 0 saturated heterocycles. The maximum atomic E-state index is 10.4. The van der Waals surface area contributed by atoms with E-state index in [0.717, 1.165) is 28.1 Å². The van der Waals surface area contributed by atoms with Crippen molar-refractivity contribution in [2.24, 2.45) is 0 Å². The van der Waals surface area contributed by atoms with E-state index in [4.69, 9.17) is 9.97 Å². The first-order chi connectivity index (χ1) is 15.3. The first kappa shape index (κ1) is 18.7. The van der Waals surface area contributed by atoms with Gasteiger partial charge in [0.15, 0.2) is 5.82 Å². The standard InChI is InChI=1S/C27H19N3O/c31-26-15-14-21(17-22(26)23-13-7-8-16-28-23)25-18-24(19-9-3-1-4-10-19)29-27(30-25)20-11-5-2-6-12-20/h1-18,31H. The molecule has 31 heavy (non-hydrogen) atoms. The summed E-state index contributed by atoms with van der Waals surface area (Å²) >= 11 is 0. The molecule has 0 atom stereocenters. The number of hydrogen-bond donors (Lipinski definition) is 1. The maximum absolute atomic E-state index is 10.4. The average Bonchev–Trinajstić information content (AvgIpc) is 2.86. The first-order valence-corrected chi connectivity index (χ1v) is 10.0. The zero-order valence-corrected chi connectivity index (χ0v) is 16.7. The third-order valence-electron chi connectivity index (χ3n) is 5.06. The molecule has 0 radical (unpaired) electrons. The van der Waals surface area contributed by atoms with Gasteiger partial charge in [0, 0.05) is 28.5 Å². The second-order valence-electron chi connectivity index (χ2n) is 7.14. The molecule has 0 aliphatic carbocycles. The highest BCUT2D eigenvalue weighted by molar-refractivity contribution is 5.77. The lowest BCUT2D eigenvalue weighted by Crippen LogP contribution is -1.96. The van der Waals surface area contributed by atoms with Crippen molar-refractivity contribution < 1.29 is 5.11 Å². The topological polar surface area (TPSA) is 58.9 Å². The average molecular weight is 401 g/mol. The highest BCUT2D eigenvalue weighted by Crippen LogP contribution is 2.33. The van der Waals surface area contributed by atoms with Crippen molar-refractivity contribution in [3.8, 4) is 50.9 Å². The number of hydrogen-bond acceptors (Lipinski definition) is 4. The highest BCUT2D eigenvalue weighted by Gasteiger charge is 2.13. The van der Waals surface area contributed by atoms with Gasteiger partial charge in [-0.15, -0.1) is 0 Å². The molecule has 0 saturated carbocycles. The van der Waals surface area contributed by atoms with Crippen LogP contribution in [0.25, 0.3) is 45.2 Å². The predicted octanol–water partition coefficient (Wildman–Crippen LogP) is 6.25. The smallest absolute Gasteiger partial charge is 0.160 e. The lowest BCUT2D eigenvalue weighted by molar-refractivity contribution is 0.477. The van der Waals surface area contributed by atoms with Crippen molar-refractivity contribution in [3.05, 3.63) is 109 Å². The molecule has 2 heterocycles. The summed E-state index contributed by atoms with van der Waals surface area (Å²) < 4.78 is 0. The number of aromatic hydroxyl groups is 1. The Morgan fingerprint density at radius 1 is 0.516 bits per heavy atom. The van der Waals surface area contributed by atoms with Crippen molar-refractivity contribution >= 4 is 0 Å². The Kier molecular flexibility index (Phi) is 4.95. The predicted molar refractivity (Wildman–Crippen MR) is 123 cm³/mol. The molecule has 3 aromatic carbocycles. The van der Waals surface area contributed by atoms with Gasteiger partial charge in [0.05, 0.1) is 17.1 Å².